The van der Waals surface area contributed by atoms with Gasteiger partial charge in [-0.1, -0.05) is 39.8 Å². The van der Waals surface area contributed by atoms with Crippen LogP contribution in [0, 0.1) is 0 Å². The molecule has 0 heterocycles. The van der Waals surface area contributed by atoms with E-state index in [0.29, 0.717) is 0 Å². The smallest absolute Gasteiger partial charge is 0.155 e. The Morgan fingerprint density at radius 2 is 1.92 bits per heavy atom. The van der Waals surface area contributed by atoms with Gasteiger partial charge >= 0.3 is 0 Å². The highest BCUT2D eigenvalue weighted by Gasteiger charge is 2.36. The summed E-state index contributed by atoms with van der Waals surface area (Å²) in [6.45, 7) is 13.2. The molecule has 0 rings (SSSR count). The zero-order valence-corrected chi connectivity index (χ0v) is 10.1. The van der Waals surface area contributed by atoms with Crippen LogP contribution >= 0.6 is 0 Å². The molecule has 0 bridgehead atoms. The van der Waals surface area contributed by atoms with Gasteiger partial charge in [0.2, 0.25) is 0 Å². The fourth-order valence-electron chi connectivity index (χ4n) is 1.98. The lowest BCUT2D eigenvalue weighted by Gasteiger charge is -2.37. The van der Waals surface area contributed by atoms with Crippen molar-refractivity contribution < 1.29 is 0 Å². The molecule has 2 atom stereocenters. The molecular weight excluding hydrogens is 162 g/mol. The van der Waals surface area contributed by atoms with Gasteiger partial charge in [-0.25, -0.2) is 0 Å². The first-order valence-electron chi connectivity index (χ1n) is 4.87. The average Bonchev–Trinajstić information content (AvgIpc) is 2.06. The van der Waals surface area contributed by atoms with Crippen LogP contribution in [0.15, 0.2) is 12.3 Å². The monoisotopic (exact) mass is 185 g/mol. The lowest BCUT2D eigenvalue weighted by atomic mass is 10.4. The van der Waals surface area contributed by atoms with Crippen LogP contribution < -0.4 is 4.98 Å². The highest BCUT2D eigenvalue weighted by atomic mass is 28.3. The van der Waals surface area contributed by atoms with E-state index in [1.165, 1.54) is 6.42 Å². The fraction of sp³-hybridized carbons (Fsp3) is 0.800. The second kappa shape index (κ2) is 4.82. The quantitative estimate of drug-likeness (QED) is 0.649. The first-order valence-corrected chi connectivity index (χ1v) is 7.10. The SMILES string of the molecule is C=C[Si](NC)(C(C)C)C(C)CC. The molecule has 72 valence electrons. The Bertz CT molecular complexity index is 145. The van der Waals surface area contributed by atoms with Crippen molar-refractivity contribution in [2.24, 2.45) is 0 Å². The van der Waals surface area contributed by atoms with Crippen LogP contribution in [0.3, 0.4) is 0 Å². The van der Waals surface area contributed by atoms with Crippen molar-refractivity contribution in [1.82, 2.24) is 4.98 Å². The van der Waals surface area contributed by atoms with Gasteiger partial charge in [0.15, 0.2) is 8.24 Å². The van der Waals surface area contributed by atoms with Gasteiger partial charge < -0.3 is 4.98 Å². The lowest BCUT2D eigenvalue weighted by Crippen LogP contribution is -2.52. The van der Waals surface area contributed by atoms with Crippen LogP contribution in [0.2, 0.25) is 11.1 Å². The van der Waals surface area contributed by atoms with Crippen LogP contribution in [0.1, 0.15) is 34.1 Å². The van der Waals surface area contributed by atoms with Crippen LogP contribution in [-0.4, -0.2) is 15.3 Å². The molecule has 0 aliphatic carbocycles. The third-order valence-corrected chi connectivity index (χ3v) is 8.65. The molecular formula is C10H23NSi. The summed E-state index contributed by atoms with van der Waals surface area (Å²) in [5, 5.41) is 0. The summed E-state index contributed by atoms with van der Waals surface area (Å²) in [4.78, 5) is 3.54. The molecule has 0 aliphatic rings. The van der Waals surface area contributed by atoms with Gasteiger partial charge in [-0.3, -0.25) is 0 Å². The van der Waals surface area contributed by atoms with Crippen molar-refractivity contribution in [2.45, 2.75) is 45.2 Å². The molecule has 0 saturated heterocycles. The third kappa shape index (κ3) is 1.99. The molecule has 0 aromatic rings. The van der Waals surface area contributed by atoms with E-state index >= 15 is 0 Å². The van der Waals surface area contributed by atoms with E-state index in [-0.39, 0.29) is 0 Å². The van der Waals surface area contributed by atoms with E-state index in [9.17, 15) is 0 Å². The second-order valence-electron chi connectivity index (χ2n) is 3.85. The zero-order valence-electron chi connectivity index (χ0n) is 9.15. The van der Waals surface area contributed by atoms with Crippen LogP contribution in [0.25, 0.3) is 0 Å². The van der Waals surface area contributed by atoms with Crippen molar-refractivity contribution in [3.63, 3.8) is 0 Å². The van der Waals surface area contributed by atoms with Crippen molar-refractivity contribution in [2.75, 3.05) is 7.05 Å². The van der Waals surface area contributed by atoms with E-state index in [4.69, 9.17) is 0 Å². The molecule has 0 radical (unpaired) electrons. The first kappa shape index (κ1) is 11.9. The van der Waals surface area contributed by atoms with Gasteiger partial charge in [-0.15, -0.1) is 6.58 Å². The summed E-state index contributed by atoms with van der Waals surface area (Å²) in [5.74, 6) is 0. The van der Waals surface area contributed by atoms with Gasteiger partial charge in [0, 0.05) is 0 Å². The minimum Gasteiger partial charge on any atom is -0.336 e. The minimum absolute atomic E-state index is 0.731. The van der Waals surface area contributed by atoms with E-state index in [1.807, 2.05) is 0 Å². The first-order chi connectivity index (χ1) is 5.55. The molecule has 2 unspecified atom stereocenters. The van der Waals surface area contributed by atoms with E-state index < -0.39 is 8.24 Å². The summed E-state index contributed by atoms with van der Waals surface area (Å²) in [6.07, 6.45) is 1.25. The molecule has 0 saturated carbocycles. The van der Waals surface area contributed by atoms with Gasteiger partial charge in [0.25, 0.3) is 0 Å². The van der Waals surface area contributed by atoms with Crippen LogP contribution in [0.5, 0.6) is 0 Å². The van der Waals surface area contributed by atoms with Crippen molar-refractivity contribution in [3.05, 3.63) is 12.3 Å². The molecule has 0 aromatic carbocycles. The summed E-state index contributed by atoms with van der Waals surface area (Å²) >= 11 is 0. The van der Waals surface area contributed by atoms with Crippen molar-refractivity contribution >= 4 is 8.24 Å². The summed E-state index contributed by atoms with van der Waals surface area (Å²) in [5.41, 5.74) is 3.71. The van der Waals surface area contributed by atoms with Gasteiger partial charge in [0.05, 0.1) is 0 Å². The predicted molar refractivity (Wildman–Crippen MR) is 59.8 cm³/mol. The molecule has 0 aliphatic heterocycles. The lowest BCUT2D eigenvalue weighted by molar-refractivity contribution is 0.777. The van der Waals surface area contributed by atoms with Gasteiger partial charge in [0.1, 0.15) is 0 Å². The van der Waals surface area contributed by atoms with Gasteiger partial charge in [-0.05, 0) is 18.1 Å². The summed E-state index contributed by atoms with van der Waals surface area (Å²) in [7, 11) is 0.673. The highest BCUT2D eigenvalue weighted by molar-refractivity contribution is 6.84. The normalized spacial score (nSPS) is 18.8. The Balaban J connectivity index is 4.68. The molecule has 12 heavy (non-hydrogen) atoms. The predicted octanol–water partition coefficient (Wildman–Crippen LogP) is 3.09. The number of rotatable bonds is 5. The fourth-order valence-corrected chi connectivity index (χ4v) is 5.94. The van der Waals surface area contributed by atoms with Crippen molar-refractivity contribution in [3.8, 4) is 0 Å². The Morgan fingerprint density at radius 3 is 2.00 bits per heavy atom. The number of nitrogens with one attached hydrogen (secondary N) is 1. The largest absolute Gasteiger partial charge is 0.336 e. The molecule has 0 aromatic heterocycles. The maximum absolute atomic E-state index is 3.99. The Labute approximate surface area is 78.3 Å². The molecule has 0 fully saturated rings. The molecule has 2 heteroatoms. The minimum atomic E-state index is -1.41. The standard InChI is InChI=1S/C10H23NSi/c1-7-10(5)12(8-2,11-6)9(3)4/h8-11H,2,7H2,1,3-6H3. The third-order valence-electron chi connectivity index (χ3n) is 3.15. The Hall–Kier alpha value is -0.0831. The van der Waals surface area contributed by atoms with E-state index in [2.05, 4.69) is 52.0 Å². The average molecular weight is 185 g/mol. The van der Waals surface area contributed by atoms with E-state index in [0.717, 1.165) is 11.1 Å². The maximum Gasteiger partial charge on any atom is 0.155 e. The Morgan fingerprint density at radius 1 is 1.42 bits per heavy atom. The second-order valence-corrected chi connectivity index (χ2v) is 8.77. The molecule has 1 N–H and O–H groups in total. The van der Waals surface area contributed by atoms with Crippen molar-refractivity contribution in [1.29, 1.82) is 0 Å². The van der Waals surface area contributed by atoms with E-state index in [1.54, 1.807) is 0 Å². The topological polar surface area (TPSA) is 12.0 Å². The highest BCUT2D eigenvalue weighted by Crippen LogP contribution is 2.32. The Kier molecular flexibility index (Phi) is 4.79. The summed E-state index contributed by atoms with van der Waals surface area (Å²) in [6, 6.07) is 0. The maximum atomic E-state index is 3.99. The zero-order chi connectivity index (χ0) is 9.78. The number of hydrogen-bond donors (Lipinski definition) is 1. The molecule has 0 amide bonds. The van der Waals surface area contributed by atoms with Crippen LogP contribution in [0.4, 0.5) is 0 Å². The molecule has 0 spiro atoms. The summed E-state index contributed by atoms with van der Waals surface area (Å²) < 4.78 is 0. The van der Waals surface area contributed by atoms with Gasteiger partial charge in [-0.2, -0.15) is 0 Å². The number of hydrogen-bond acceptors (Lipinski definition) is 1. The molecule has 1 nitrogen and oxygen atoms in total. The van der Waals surface area contributed by atoms with Crippen LogP contribution in [-0.2, 0) is 0 Å².